The van der Waals surface area contributed by atoms with Gasteiger partial charge in [-0.2, -0.15) is 0 Å². The highest BCUT2D eigenvalue weighted by Gasteiger charge is 2.26. The summed E-state index contributed by atoms with van der Waals surface area (Å²) in [6.07, 6.45) is 0. The molecular formula is C10H12N2S. The van der Waals surface area contributed by atoms with Crippen molar-refractivity contribution in [1.82, 2.24) is 10.6 Å². The normalized spacial score (nSPS) is 26.7. The molecule has 0 aliphatic carbocycles. The molecule has 1 aliphatic rings. The Hall–Kier alpha value is -1.09. The van der Waals surface area contributed by atoms with Gasteiger partial charge in [0.1, 0.15) is 0 Å². The van der Waals surface area contributed by atoms with E-state index in [-0.39, 0.29) is 0 Å². The second-order valence-electron chi connectivity index (χ2n) is 3.29. The van der Waals surface area contributed by atoms with Crippen molar-refractivity contribution in [2.75, 3.05) is 0 Å². The highest BCUT2D eigenvalue weighted by molar-refractivity contribution is 7.80. The Kier molecular flexibility index (Phi) is 2.19. The molecule has 68 valence electrons. The predicted molar refractivity (Wildman–Crippen MR) is 57.5 cm³/mol. The summed E-state index contributed by atoms with van der Waals surface area (Å²) in [6.45, 7) is 2.13. The van der Waals surface area contributed by atoms with E-state index in [1.165, 1.54) is 5.56 Å². The van der Waals surface area contributed by atoms with Crippen LogP contribution in [-0.4, -0.2) is 11.2 Å². The van der Waals surface area contributed by atoms with Gasteiger partial charge in [0.25, 0.3) is 0 Å². The minimum Gasteiger partial charge on any atom is -0.358 e. The number of hydrogen-bond donors (Lipinski definition) is 2. The van der Waals surface area contributed by atoms with Crippen molar-refractivity contribution >= 4 is 17.3 Å². The molecule has 1 aromatic rings. The highest BCUT2D eigenvalue weighted by Crippen LogP contribution is 2.19. The molecule has 1 aliphatic heterocycles. The molecule has 2 atom stereocenters. The van der Waals surface area contributed by atoms with Crippen LogP contribution in [0.5, 0.6) is 0 Å². The van der Waals surface area contributed by atoms with Gasteiger partial charge in [-0.25, -0.2) is 0 Å². The van der Waals surface area contributed by atoms with E-state index in [0.717, 1.165) is 5.11 Å². The fraction of sp³-hybridized carbons (Fsp3) is 0.300. The van der Waals surface area contributed by atoms with Crippen molar-refractivity contribution < 1.29 is 0 Å². The third-order valence-corrected chi connectivity index (χ3v) is 2.54. The molecule has 3 heteroatoms. The van der Waals surface area contributed by atoms with Crippen LogP contribution in [0.15, 0.2) is 30.3 Å². The quantitative estimate of drug-likeness (QED) is 0.661. The summed E-state index contributed by atoms with van der Waals surface area (Å²) in [5.74, 6) is 0. The highest BCUT2D eigenvalue weighted by atomic mass is 32.1. The van der Waals surface area contributed by atoms with Crippen LogP contribution >= 0.6 is 12.2 Å². The zero-order chi connectivity index (χ0) is 9.26. The Labute approximate surface area is 83.3 Å². The van der Waals surface area contributed by atoms with E-state index in [2.05, 4.69) is 29.7 Å². The van der Waals surface area contributed by atoms with E-state index in [1.807, 2.05) is 18.2 Å². The first-order chi connectivity index (χ1) is 6.27. The number of rotatable bonds is 1. The van der Waals surface area contributed by atoms with Gasteiger partial charge in [0.15, 0.2) is 5.11 Å². The first-order valence-electron chi connectivity index (χ1n) is 4.39. The van der Waals surface area contributed by atoms with Gasteiger partial charge in [-0.3, -0.25) is 0 Å². The summed E-state index contributed by atoms with van der Waals surface area (Å²) in [7, 11) is 0. The lowest BCUT2D eigenvalue weighted by Gasteiger charge is -2.14. The Morgan fingerprint density at radius 3 is 2.38 bits per heavy atom. The topological polar surface area (TPSA) is 24.1 Å². The molecule has 0 radical (unpaired) electrons. The second kappa shape index (κ2) is 3.34. The maximum atomic E-state index is 5.05. The Morgan fingerprint density at radius 2 is 1.85 bits per heavy atom. The van der Waals surface area contributed by atoms with Crippen LogP contribution in [0.2, 0.25) is 0 Å². The van der Waals surface area contributed by atoms with Gasteiger partial charge < -0.3 is 10.6 Å². The molecule has 1 heterocycles. The van der Waals surface area contributed by atoms with Crippen LogP contribution in [0.25, 0.3) is 0 Å². The molecule has 2 N–H and O–H groups in total. The van der Waals surface area contributed by atoms with Gasteiger partial charge in [0, 0.05) is 6.04 Å². The number of thiocarbonyl (C=S) groups is 1. The summed E-state index contributed by atoms with van der Waals surface area (Å²) >= 11 is 5.05. The molecule has 1 aromatic carbocycles. The van der Waals surface area contributed by atoms with Gasteiger partial charge in [0.2, 0.25) is 0 Å². The maximum Gasteiger partial charge on any atom is 0.167 e. The lowest BCUT2D eigenvalue weighted by Crippen LogP contribution is -2.23. The van der Waals surface area contributed by atoms with E-state index in [0.29, 0.717) is 12.1 Å². The van der Waals surface area contributed by atoms with E-state index < -0.39 is 0 Å². The van der Waals surface area contributed by atoms with E-state index in [1.54, 1.807) is 0 Å². The van der Waals surface area contributed by atoms with E-state index >= 15 is 0 Å². The summed E-state index contributed by atoms with van der Waals surface area (Å²) in [4.78, 5) is 0. The third-order valence-electron chi connectivity index (χ3n) is 2.30. The summed E-state index contributed by atoms with van der Waals surface area (Å²) in [5.41, 5.74) is 1.28. The van der Waals surface area contributed by atoms with Gasteiger partial charge in [-0.15, -0.1) is 0 Å². The fourth-order valence-electron chi connectivity index (χ4n) is 1.63. The van der Waals surface area contributed by atoms with Crippen LogP contribution in [0.4, 0.5) is 0 Å². The van der Waals surface area contributed by atoms with Crippen molar-refractivity contribution in [3.63, 3.8) is 0 Å². The van der Waals surface area contributed by atoms with Crippen LogP contribution in [0, 0.1) is 0 Å². The van der Waals surface area contributed by atoms with Gasteiger partial charge in [0.05, 0.1) is 6.04 Å². The summed E-state index contributed by atoms with van der Waals surface area (Å²) in [5, 5.41) is 7.18. The summed E-state index contributed by atoms with van der Waals surface area (Å²) < 4.78 is 0. The van der Waals surface area contributed by atoms with Crippen molar-refractivity contribution in [2.45, 2.75) is 19.0 Å². The fourth-order valence-corrected chi connectivity index (χ4v) is 1.94. The monoisotopic (exact) mass is 192 g/mol. The minimum absolute atomic E-state index is 0.314. The number of benzene rings is 1. The SMILES string of the molecule is C[C@H]1NC(=S)N[C@H]1c1ccccc1. The number of hydrogen-bond acceptors (Lipinski definition) is 1. The van der Waals surface area contributed by atoms with Crippen molar-refractivity contribution in [1.29, 1.82) is 0 Å². The molecule has 2 rings (SSSR count). The van der Waals surface area contributed by atoms with Crippen molar-refractivity contribution in [3.8, 4) is 0 Å². The maximum absolute atomic E-state index is 5.05. The average Bonchev–Trinajstić information content (AvgIpc) is 2.47. The van der Waals surface area contributed by atoms with Gasteiger partial charge in [-0.1, -0.05) is 30.3 Å². The van der Waals surface area contributed by atoms with Gasteiger partial charge >= 0.3 is 0 Å². The Bertz CT molecular complexity index is 310. The molecule has 13 heavy (non-hydrogen) atoms. The lowest BCUT2D eigenvalue weighted by molar-refractivity contribution is 0.568. The zero-order valence-electron chi connectivity index (χ0n) is 7.45. The third kappa shape index (κ3) is 1.65. The molecular weight excluding hydrogens is 180 g/mol. The first kappa shape index (κ1) is 8.51. The minimum atomic E-state index is 0.314. The molecule has 0 bridgehead atoms. The Morgan fingerprint density at radius 1 is 1.15 bits per heavy atom. The lowest BCUT2D eigenvalue weighted by atomic mass is 10.0. The molecule has 2 nitrogen and oxygen atoms in total. The molecule has 0 saturated carbocycles. The molecule has 0 spiro atoms. The number of nitrogens with one attached hydrogen (secondary N) is 2. The molecule has 0 unspecified atom stereocenters. The van der Waals surface area contributed by atoms with Crippen molar-refractivity contribution in [2.24, 2.45) is 0 Å². The standard InChI is InChI=1S/C10H12N2S/c1-7-9(12-10(13)11-7)8-5-3-2-4-6-8/h2-7,9H,1H3,(H2,11,12,13)/t7-,9-/m1/s1. The summed E-state index contributed by atoms with van der Waals surface area (Å²) in [6, 6.07) is 11.0. The van der Waals surface area contributed by atoms with Crippen LogP contribution in [0.1, 0.15) is 18.5 Å². The average molecular weight is 192 g/mol. The second-order valence-corrected chi connectivity index (χ2v) is 3.70. The molecule has 1 saturated heterocycles. The molecule has 0 amide bonds. The van der Waals surface area contributed by atoms with E-state index in [9.17, 15) is 0 Å². The van der Waals surface area contributed by atoms with Crippen molar-refractivity contribution in [3.05, 3.63) is 35.9 Å². The smallest absolute Gasteiger partial charge is 0.167 e. The van der Waals surface area contributed by atoms with Gasteiger partial charge in [-0.05, 0) is 24.7 Å². The molecule has 0 aromatic heterocycles. The van der Waals surface area contributed by atoms with Crippen LogP contribution in [0.3, 0.4) is 0 Å². The Balaban J connectivity index is 2.23. The first-order valence-corrected chi connectivity index (χ1v) is 4.80. The zero-order valence-corrected chi connectivity index (χ0v) is 8.27. The predicted octanol–water partition coefficient (Wildman–Crippen LogP) is 1.59. The van der Waals surface area contributed by atoms with Crippen LogP contribution in [-0.2, 0) is 0 Å². The van der Waals surface area contributed by atoms with Crippen LogP contribution < -0.4 is 10.6 Å². The molecule has 1 fully saturated rings. The largest absolute Gasteiger partial charge is 0.358 e. The van der Waals surface area contributed by atoms with E-state index in [4.69, 9.17) is 12.2 Å².